The maximum atomic E-state index is 13.1. The lowest BCUT2D eigenvalue weighted by Gasteiger charge is -2.29. The summed E-state index contributed by atoms with van der Waals surface area (Å²) in [5.41, 5.74) is 1.28. The minimum Gasteiger partial charge on any atom is -0.507 e. The van der Waals surface area contributed by atoms with Crippen molar-refractivity contribution in [2.45, 2.75) is 12.5 Å². The van der Waals surface area contributed by atoms with Crippen molar-refractivity contribution in [2.75, 3.05) is 53.6 Å². The Kier molecular flexibility index (Phi) is 7.49. The van der Waals surface area contributed by atoms with Gasteiger partial charge in [0.05, 0.1) is 39.0 Å². The largest absolute Gasteiger partial charge is 0.507 e. The van der Waals surface area contributed by atoms with Gasteiger partial charge in [-0.05, 0) is 48.4 Å². The molecule has 1 N–H and O–H groups in total. The number of carbonyl (C=O) groups is 2. The van der Waals surface area contributed by atoms with Gasteiger partial charge >= 0.3 is 0 Å². The molecular weight excluding hydrogens is 436 g/mol. The molecule has 0 radical (unpaired) electrons. The molecule has 0 bridgehead atoms. The first kappa shape index (κ1) is 23.8. The summed E-state index contributed by atoms with van der Waals surface area (Å²) in [4.78, 5) is 30.1. The molecule has 0 saturated carbocycles. The number of methoxy groups -OCH3 is 2. The quantitative estimate of drug-likeness (QED) is 0.364. The molecule has 0 aliphatic carbocycles. The Morgan fingerprint density at radius 1 is 0.941 bits per heavy atom. The zero-order valence-electron chi connectivity index (χ0n) is 19.5. The molecule has 0 spiro atoms. The second-order valence-corrected chi connectivity index (χ2v) is 8.30. The van der Waals surface area contributed by atoms with Crippen molar-refractivity contribution in [3.05, 3.63) is 65.2 Å². The molecule has 1 unspecified atom stereocenters. The van der Waals surface area contributed by atoms with E-state index in [9.17, 15) is 14.7 Å². The van der Waals surface area contributed by atoms with Gasteiger partial charge in [0.25, 0.3) is 11.7 Å². The van der Waals surface area contributed by atoms with E-state index >= 15 is 0 Å². The van der Waals surface area contributed by atoms with Crippen molar-refractivity contribution in [1.82, 2.24) is 9.80 Å². The number of likely N-dealkylation sites (tertiary alicyclic amines) is 1. The van der Waals surface area contributed by atoms with Crippen molar-refractivity contribution < 1.29 is 28.9 Å². The van der Waals surface area contributed by atoms with E-state index in [-0.39, 0.29) is 11.3 Å². The van der Waals surface area contributed by atoms with Crippen LogP contribution in [0, 0.1) is 0 Å². The fraction of sp³-hybridized carbons (Fsp3) is 0.385. The van der Waals surface area contributed by atoms with Crippen LogP contribution in [0.4, 0.5) is 0 Å². The average Bonchev–Trinajstić information content (AvgIpc) is 3.14. The van der Waals surface area contributed by atoms with Gasteiger partial charge < -0.3 is 24.2 Å². The number of rotatable bonds is 8. The number of nitrogens with zero attached hydrogens (tertiary/aromatic N) is 2. The van der Waals surface area contributed by atoms with Crippen LogP contribution in [0.1, 0.15) is 23.6 Å². The van der Waals surface area contributed by atoms with Gasteiger partial charge in [-0.1, -0.05) is 12.1 Å². The molecule has 2 heterocycles. The lowest BCUT2D eigenvalue weighted by molar-refractivity contribution is -0.140. The van der Waals surface area contributed by atoms with Crippen LogP contribution < -0.4 is 9.47 Å². The molecule has 2 fully saturated rings. The highest BCUT2D eigenvalue weighted by atomic mass is 16.5. The third-order valence-corrected chi connectivity index (χ3v) is 6.31. The molecule has 0 aromatic heterocycles. The summed E-state index contributed by atoms with van der Waals surface area (Å²) in [6.07, 6.45) is 0.711. The summed E-state index contributed by atoms with van der Waals surface area (Å²) >= 11 is 0. The van der Waals surface area contributed by atoms with Crippen LogP contribution in [0.15, 0.2) is 54.1 Å². The summed E-state index contributed by atoms with van der Waals surface area (Å²) in [5, 5.41) is 11.1. The average molecular weight is 467 g/mol. The number of benzene rings is 2. The molecule has 2 aliphatic rings. The second kappa shape index (κ2) is 10.7. The molecule has 2 saturated heterocycles. The SMILES string of the molecule is COc1ccc(C(O)=C2C(=O)C(=O)N(CCCN3CCOCC3)C2c2ccc(OC)cc2)cc1. The number of ether oxygens (including phenoxy) is 3. The molecule has 2 aliphatic heterocycles. The van der Waals surface area contributed by atoms with Crippen LogP contribution >= 0.6 is 0 Å². The Labute approximate surface area is 199 Å². The number of ketones is 1. The summed E-state index contributed by atoms with van der Waals surface area (Å²) in [6, 6.07) is 13.3. The summed E-state index contributed by atoms with van der Waals surface area (Å²) in [6.45, 7) is 4.34. The highest BCUT2D eigenvalue weighted by Crippen LogP contribution is 2.40. The lowest BCUT2D eigenvalue weighted by Crippen LogP contribution is -2.38. The van der Waals surface area contributed by atoms with Crippen LogP contribution in [0.25, 0.3) is 5.76 Å². The predicted octanol–water partition coefficient (Wildman–Crippen LogP) is 2.85. The fourth-order valence-electron chi connectivity index (χ4n) is 4.44. The van der Waals surface area contributed by atoms with Crippen molar-refractivity contribution in [3.63, 3.8) is 0 Å². The Balaban J connectivity index is 1.66. The van der Waals surface area contributed by atoms with Gasteiger partial charge in [-0.25, -0.2) is 0 Å². The van der Waals surface area contributed by atoms with E-state index < -0.39 is 17.7 Å². The third kappa shape index (κ3) is 4.93. The van der Waals surface area contributed by atoms with Crippen molar-refractivity contribution in [1.29, 1.82) is 0 Å². The van der Waals surface area contributed by atoms with Gasteiger partial charge in [0, 0.05) is 31.7 Å². The van der Waals surface area contributed by atoms with Crippen LogP contribution in [-0.4, -0.2) is 80.2 Å². The van der Waals surface area contributed by atoms with Gasteiger partial charge in [0.1, 0.15) is 17.3 Å². The number of aliphatic hydroxyl groups excluding tert-OH is 1. The van der Waals surface area contributed by atoms with Gasteiger partial charge in [0.2, 0.25) is 0 Å². The van der Waals surface area contributed by atoms with Crippen LogP contribution in [0.3, 0.4) is 0 Å². The Morgan fingerprint density at radius 2 is 1.53 bits per heavy atom. The zero-order valence-corrected chi connectivity index (χ0v) is 19.5. The van der Waals surface area contributed by atoms with E-state index in [0.29, 0.717) is 43.2 Å². The van der Waals surface area contributed by atoms with E-state index in [4.69, 9.17) is 14.2 Å². The number of Topliss-reactive ketones (excluding diaryl/α,β-unsaturated/α-hetero) is 1. The van der Waals surface area contributed by atoms with Crippen LogP contribution in [0.5, 0.6) is 11.5 Å². The van der Waals surface area contributed by atoms with Crippen LogP contribution in [0.2, 0.25) is 0 Å². The molecule has 4 rings (SSSR count). The van der Waals surface area contributed by atoms with Crippen molar-refractivity contribution in [2.24, 2.45) is 0 Å². The Morgan fingerprint density at radius 3 is 2.12 bits per heavy atom. The van der Waals surface area contributed by atoms with Gasteiger partial charge in [-0.2, -0.15) is 0 Å². The topological polar surface area (TPSA) is 88.5 Å². The van der Waals surface area contributed by atoms with Gasteiger partial charge in [0.15, 0.2) is 0 Å². The molecule has 180 valence electrons. The number of hydrogen-bond acceptors (Lipinski definition) is 7. The summed E-state index contributed by atoms with van der Waals surface area (Å²) in [5.74, 6) is -0.175. The predicted molar refractivity (Wildman–Crippen MR) is 127 cm³/mol. The van der Waals surface area contributed by atoms with E-state index in [1.807, 2.05) is 12.1 Å². The summed E-state index contributed by atoms with van der Waals surface area (Å²) < 4.78 is 15.8. The first-order valence-corrected chi connectivity index (χ1v) is 11.4. The number of aliphatic hydroxyl groups is 1. The molecule has 8 nitrogen and oxygen atoms in total. The monoisotopic (exact) mass is 466 g/mol. The Hall–Kier alpha value is -3.36. The Bertz CT molecular complexity index is 1040. The fourth-order valence-corrected chi connectivity index (χ4v) is 4.44. The molecule has 34 heavy (non-hydrogen) atoms. The second-order valence-electron chi connectivity index (χ2n) is 8.30. The smallest absolute Gasteiger partial charge is 0.295 e. The van der Waals surface area contributed by atoms with Gasteiger partial charge in [-0.3, -0.25) is 14.5 Å². The summed E-state index contributed by atoms with van der Waals surface area (Å²) in [7, 11) is 3.14. The number of hydrogen-bond donors (Lipinski definition) is 1. The number of amides is 1. The third-order valence-electron chi connectivity index (χ3n) is 6.31. The van der Waals surface area contributed by atoms with Crippen LogP contribution in [-0.2, 0) is 14.3 Å². The highest BCUT2D eigenvalue weighted by molar-refractivity contribution is 6.46. The normalized spacial score (nSPS) is 20.5. The van der Waals surface area contributed by atoms with Crippen molar-refractivity contribution >= 4 is 17.4 Å². The standard InChI is InChI=1S/C26H30N2O6/c1-32-20-8-4-18(5-9-20)23-22(24(29)19-6-10-21(33-2)11-7-19)25(30)26(31)28(23)13-3-12-27-14-16-34-17-15-27/h4-11,23,29H,3,12-17H2,1-2H3. The lowest BCUT2D eigenvalue weighted by atomic mass is 9.95. The van der Waals surface area contributed by atoms with E-state index in [1.54, 1.807) is 55.5 Å². The van der Waals surface area contributed by atoms with Crippen molar-refractivity contribution in [3.8, 4) is 11.5 Å². The first-order chi connectivity index (χ1) is 16.5. The van der Waals surface area contributed by atoms with E-state index in [1.165, 1.54) is 0 Å². The molecular formula is C26H30N2O6. The van der Waals surface area contributed by atoms with E-state index in [2.05, 4.69) is 4.90 Å². The maximum absolute atomic E-state index is 13.1. The highest BCUT2D eigenvalue weighted by Gasteiger charge is 2.45. The number of carbonyl (C=O) groups excluding carboxylic acids is 2. The minimum absolute atomic E-state index is 0.0895. The number of morpholine rings is 1. The van der Waals surface area contributed by atoms with Gasteiger partial charge in [-0.15, -0.1) is 0 Å². The molecule has 8 heteroatoms. The molecule has 2 aromatic carbocycles. The minimum atomic E-state index is -0.683. The molecule has 1 atom stereocenters. The zero-order chi connectivity index (χ0) is 24.1. The maximum Gasteiger partial charge on any atom is 0.295 e. The van der Waals surface area contributed by atoms with E-state index in [0.717, 1.165) is 25.2 Å². The first-order valence-electron chi connectivity index (χ1n) is 11.4. The molecule has 2 aromatic rings. The molecule has 1 amide bonds.